The molecule has 1 aromatic carbocycles. The van der Waals surface area contributed by atoms with E-state index in [0.717, 1.165) is 23.8 Å². The van der Waals surface area contributed by atoms with Crippen molar-refractivity contribution in [1.29, 1.82) is 0 Å². The number of hydrogen-bond donors (Lipinski definition) is 1. The van der Waals surface area contributed by atoms with Gasteiger partial charge in [-0.25, -0.2) is 0 Å². The summed E-state index contributed by atoms with van der Waals surface area (Å²) in [6.07, 6.45) is 5.23. The van der Waals surface area contributed by atoms with Gasteiger partial charge in [-0.2, -0.15) is 0 Å². The van der Waals surface area contributed by atoms with E-state index in [9.17, 15) is 4.79 Å². The van der Waals surface area contributed by atoms with Crippen molar-refractivity contribution in [2.75, 3.05) is 31.3 Å². The van der Waals surface area contributed by atoms with Gasteiger partial charge in [-0.3, -0.25) is 4.79 Å². The normalized spacial score (nSPS) is 17.9. The van der Waals surface area contributed by atoms with Crippen LogP contribution in [0.15, 0.2) is 18.2 Å². The number of nitrogens with two attached hydrogens (primary N) is 1. The Bertz CT molecular complexity index is 518. The van der Waals surface area contributed by atoms with Gasteiger partial charge in [0.15, 0.2) is 0 Å². The summed E-state index contributed by atoms with van der Waals surface area (Å²) >= 11 is 0. The maximum atomic E-state index is 12.0. The molecule has 2 fully saturated rings. The van der Waals surface area contributed by atoms with Crippen molar-refractivity contribution in [1.82, 2.24) is 4.90 Å². The number of rotatable bonds is 5. The molecule has 0 saturated heterocycles. The third-order valence-corrected chi connectivity index (χ3v) is 4.13. The fraction of sp³-hybridized carbons (Fsp3) is 0.562. The van der Waals surface area contributed by atoms with Gasteiger partial charge in [0.1, 0.15) is 0 Å². The smallest absolute Gasteiger partial charge is 0.253 e. The number of nitrogen functional groups attached to an aromatic ring is 1. The van der Waals surface area contributed by atoms with Crippen LogP contribution >= 0.6 is 0 Å². The first-order valence-corrected chi connectivity index (χ1v) is 7.44. The number of hydrogen-bond acceptors (Lipinski definition) is 3. The van der Waals surface area contributed by atoms with Gasteiger partial charge < -0.3 is 15.5 Å². The van der Waals surface area contributed by atoms with Gasteiger partial charge in [0, 0.05) is 32.2 Å². The molecule has 0 atom stereocenters. The van der Waals surface area contributed by atoms with Gasteiger partial charge in [0.05, 0.1) is 11.4 Å². The Balaban J connectivity index is 1.83. The van der Waals surface area contributed by atoms with Gasteiger partial charge in [-0.15, -0.1) is 0 Å². The van der Waals surface area contributed by atoms with E-state index in [1.165, 1.54) is 25.7 Å². The van der Waals surface area contributed by atoms with E-state index >= 15 is 0 Å². The molecule has 2 N–H and O–H groups in total. The van der Waals surface area contributed by atoms with E-state index < -0.39 is 0 Å². The van der Waals surface area contributed by atoms with E-state index in [4.69, 9.17) is 5.73 Å². The molecule has 0 heterocycles. The number of carbonyl (C=O) groups excluding carboxylic acids is 1. The van der Waals surface area contributed by atoms with Crippen LogP contribution in [0.2, 0.25) is 0 Å². The Kier molecular flexibility index (Phi) is 3.32. The zero-order valence-corrected chi connectivity index (χ0v) is 12.3. The Morgan fingerprint density at radius 2 is 1.95 bits per heavy atom. The lowest BCUT2D eigenvalue weighted by Gasteiger charge is -2.26. The molecule has 0 radical (unpaired) electrons. The molecule has 3 rings (SSSR count). The first-order chi connectivity index (χ1) is 9.56. The Morgan fingerprint density at radius 1 is 1.25 bits per heavy atom. The fourth-order valence-corrected chi connectivity index (χ4v) is 2.62. The van der Waals surface area contributed by atoms with E-state index in [2.05, 4.69) is 4.90 Å². The largest absolute Gasteiger partial charge is 0.397 e. The van der Waals surface area contributed by atoms with Crippen molar-refractivity contribution >= 4 is 17.3 Å². The fourth-order valence-electron chi connectivity index (χ4n) is 2.62. The molecular weight excluding hydrogens is 250 g/mol. The molecule has 0 aromatic heterocycles. The van der Waals surface area contributed by atoms with E-state index in [1.807, 2.05) is 18.2 Å². The quantitative estimate of drug-likeness (QED) is 0.838. The number of nitrogens with zero attached hydrogens (tertiary/aromatic N) is 2. The Labute approximate surface area is 120 Å². The minimum Gasteiger partial charge on any atom is -0.397 e. The van der Waals surface area contributed by atoms with Crippen molar-refractivity contribution in [2.45, 2.75) is 31.7 Å². The standard InChI is InChI=1S/C16H23N3O/c1-18(2)16(20)12-5-8-15(14(17)9-12)19(13-6-7-13)10-11-3-4-11/h5,8-9,11,13H,3-4,6-7,10,17H2,1-2H3. The SMILES string of the molecule is CN(C)C(=O)c1ccc(N(CC2CC2)C2CC2)c(N)c1. The van der Waals surface area contributed by atoms with Crippen LogP contribution < -0.4 is 10.6 Å². The molecule has 2 saturated carbocycles. The van der Waals surface area contributed by atoms with E-state index in [0.29, 0.717) is 11.6 Å². The van der Waals surface area contributed by atoms with Crippen LogP contribution in [-0.4, -0.2) is 37.5 Å². The molecule has 2 aliphatic rings. The average Bonchev–Trinajstić information content (AvgIpc) is 3.26. The molecule has 2 aliphatic carbocycles. The highest BCUT2D eigenvalue weighted by Gasteiger charge is 2.34. The van der Waals surface area contributed by atoms with Crippen LogP contribution in [0, 0.1) is 5.92 Å². The minimum atomic E-state index is 0.00316. The van der Waals surface area contributed by atoms with E-state index in [1.54, 1.807) is 19.0 Å². The van der Waals surface area contributed by atoms with Gasteiger partial charge in [-0.05, 0) is 49.8 Å². The highest BCUT2D eigenvalue weighted by Crippen LogP contribution is 2.39. The number of amides is 1. The first-order valence-electron chi connectivity index (χ1n) is 7.44. The van der Waals surface area contributed by atoms with E-state index in [-0.39, 0.29) is 5.91 Å². The molecule has 20 heavy (non-hydrogen) atoms. The molecule has 4 nitrogen and oxygen atoms in total. The summed E-state index contributed by atoms with van der Waals surface area (Å²) in [6.45, 7) is 1.12. The second-order valence-electron chi connectivity index (χ2n) is 6.30. The summed E-state index contributed by atoms with van der Waals surface area (Å²) in [4.78, 5) is 16.0. The summed E-state index contributed by atoms with van der Waals surface area (Å²) in [5.74, 6) is 0.849. The highest BCUT2D eigenvalue weighted by molar-refractivity contribution is 5.96. The first kappa shape index (κ1) is 13.3. The van der Waals surface area contributed by atoms with Crippen molar-refractivity contribution < 1.29 is 4.79 Å². The van der Waals surface area contributed by atoms with Gasteiger partial charge in [-0.1, -0.05) is 0 Å². The minimum absolute atomic E-state index is 0.00316. The molecule has 0 aliphatic heterocycles. The molecule has 0 bridgehead atoms. The van der Waals surface area contributed by atoms with Crippen molar-refractivity contribution in [3.05, 3.63) is 23.8 Å². The summed E-state index contributed by atoms with van der Waals surface area (Å²) in [7, 11) is 3.52. The number of anilines is 2. The van der Waals surface area contributed by atoms with Crippen LogP contribution in [-0.2, 0) is 0 Å². The van der Waals surface area contributed by atoms with Gasteiger partial charge in [0.2, 0.25) is 0 Å². The monoisotopic (exact) mass is 273 g/mol. The number of benzene rings is 1. The topological polar surface area (TPSA) is 49.6 Å². The Hall–Kier alpha value is -1.71. The predicted octanol–water partition coefficient (Wildman–Crippen LogP) is 2.35. The van der Waals surface area contributed by atoms with Gasteiger partial charge >= 0.3 is 0 Å². The third kappa shape index (κ3) is 2.74. The lowest BCUT2D eigenvalue weighted by atomic mass is 10.1. The maximum Gasteiger partial charge on any atom is 0.253 e. The van der Waals surface area contributed by atoms with Crippen LogP contribution in [0.25, 0.3) is 0 Å². The summed E-state index contributed by atoms with van der Waals surface area (Å²) in [5, 5.41) is 0. The second-order valence-corrected chi connectivity index (χ2v) is 6.30. The van der Waals surface area contributed by atoms with Crippen LogP contribution in [0.1, 0.15) is 36.0 Å². The highest BCUT2D eigenvalue weighted by atomic mass is 16.2. The predicted molar refractivity (Wildman–Crippen MR) is 82.0 cm³/mol. The third-order valence-electron chi connectivity index (χ3n) is 4.13. The van der Waals surface area contributed by atoms with Gasteiger partial charge in [0.25, 0.3) is 5.91 Å². The lowest BCUT2D eigenvalue weighted by molar-refractivity contribution is 0.0827. The average molecular weight is 273 g/mol. The van der Waals surface area contributed by atoms with Crippen molar-refractivity contribution in [2.24, 2.45) is 5.92 Å². The summed E-state index contributed by atoms with van der Waals surface area (Å²) in [6, 6.07) is 6.40. The number of carbonyl (C=O) groups is 1. The van der Waals surface area contributed by atoms with Crippen molar-refractivity contribution in [3.8, 4) is 0 Å². The second kappa shape index (κ2) is 5.00. The summed E-state index contributed by atoms with van der Waals surface area (Å²) < 4.78 is 0. The molecule has 0 unspecified atom stereocenters. The molecule has 4 heteroatoms. The molecule has 1 amide bonds. The van der Waals surface area contributed by atoms with Crippen LogP contribution in [0.3, 0.4) is 0 Å². The van der Waals surface area contributed by atoms with Crippen LogP contribution in [0.4, 0.5) is 11.4 Å². The molecule has 1 aromatic rings. The van der Waals surface area contributed by atoms with Crippen molar-refractivity contribution in [3.63, 3.8) is 0 Å². The zero-order valence-electron chi connectivity index (χ0n) is 12.3. The van der Waals surface area contributed by atoms with Crippen LogP contribution in [0.5, 0.6) is 0 Å². The lowest BCUT2D eigenvalue weighted by Crippen LogP contribution is -2.29. The maximum absolute atomic E-state index is 12.0. The summed E-state index contributed by atoms with van der Waals surface area (Å²) in [5.41, 5.74) is 8.71. The zero-order chi connectivity index (χ0) is 14.3. The Morgan fingerprint density at radius 3 is 2.45 bits per heavy atom. The molecule has 108 valence electrons. The molecular formula is C16H23N3O. The molecule has 0 spiro atoms.